The van der Waals surface area contributed by atoms with Crippen molar-refractivity contribution in [2.24, 2.45) is 5.92 Å². The Bertz CT molecular complexity index is 196. The van der Waals surface area contributed by atoms with Crippen molar-refractivity contribution in [2.45, 2.75) is 39.5 Å². The fraction of sp³-hybridized carbons (Fsp3) is 1.00. The second kappa shape index (κ2) is 5.54. The van der Waals surface area contributed by atoms with Gasteiger partial charge in [0.25, 0.3) is 10.1 Å². The minimum Gasteiger partial charge on any atom is -0.286 e. The van der Waals surface area contributed by atoms with E-state index in [4.69, 9.17) is 4.55 Å². The third-order valence-corrected chi connectivity index (χ3v) is 2.81. The zero-order valence-corrected chi connectivity index (χ0v) is 8.60. The Balaban J connectivity index is 3.73. The Labute approximate surface area is 74.9 Å². The van der Waals surface area contributed by atoms with Crippen molar-refractivity contribution in [3.8, 4) is 0 Å². The highest BCUT2D eigenvalue weighted by Gasteiger charge is 2.10. The van der Waals surface area contributed by atoms with Gasteiger partial charge in [-0.15, -0.1) is 0 Å². The summed E-state index contributed by atoms with van der Waals surface area (Å²) >= 11 is 0. The van der Waals surface area contributed by atoms with Gasteiger partial charge in [-0.2, -0.15) is 8.42 Å². The van der Waals surface area contributed by atoms with Crippen LogP contribution in [-0.4, -0.2) is 18.7 Å². The van der Waals surface area contributed by atoms with E-state index in [1.807, 2.05) is 6.92 Å². The summed E-state index contributed by atoms with van der Waals surface area (Å²) in [5.41, 5.74) is 0. The third kappa shape index (κ3) is 6.61. The van der Waals surface area contributed by atoms with Crippen LogP contribution < -0.4 is 0 Å². The molecule has 0 saturated heterocycles. The Hall–Kier alpha value is -0.0900. The SMILES string of the molecule is CCCC(CC)CCS(=O)(=O)O. The Kier molecular flexibility index (Phi) is 5.50. The molecule has 3 nitrogen and oxygen atoms in total. The van der Waals surface area contributed by atoms with E-state index in [2.05, 4.69) is 6.92 Å². The van der Waals surface area contributed by atoms with Crippen LogP contribution in [0.2, 0.25) is 0 Å². The predicted octanol–water partition coefficient (Wildman–Crippen LogP) is 2.09. The first kappa shape index (κ1) is 11.9. The summed E-state index contributed by atoms with van der Waals surface area (Å²) in [5, 5.41) is 0. The van der Waals surface area contributed by atoms with Crippen LogP contribution in [0.15, 0.2) is 0 Å². The first-order valence-corrected chi connectivity index (χ1v) is 6.05. The largest absolute Gasteiger partial charge is 0.286 e. The molecule has 1 atom stereocenters. The Morgan fingerprint density at radius 2 is 1.83 bits per heavy atom. The van der Waals surface area contributed by atoms with Crippen molar-refractivity contribution in [1.82, 2.24) is 0 Å². The lowest BCUT2D eigenvalue weighted by molar-refractivity contribution is 0.432. The lowest BCUT2D eigenvalue weighted by Gasteiger charge is -2.11. The molecule has 12 heavy (non-hydrogen) atoms. The topological polar surface area (TPSA) is 54.4 Å². The van der Waals surface area contributed by atoms with E-state index in [-0.39, 0.29) is 5.75 Å². The van der Waals surface area contributed by atoms with Crippen molar-refractivity contribution in [3.63, 3.8) is 0 Å². The molecular weight excluding hydrogens is 176 g/mol. The van der Waals surface area contributed by atoms with E-state index < -0.39 is 10.1 Å². The van der Waals surface area contributed by atoms with Crippen LogP contribution >= 0.6 is 0 Å². The quantitative estimate of drug-likeness (QED) is 0.659. The zero-order chi connectivity index (χ0) is 9.61. The summed E-state index contributed by atoms with van der Waals surface area (Å²) in [6.45, 7) is 4.13. The molecule has 0 heterocycles. The number of hydrogen-bond acceptors (Lipinski definition) is 2. The fourth-order valence-corrected chi connectivity index (χ4v) is 1.91. The monoisotopic (exact) mass is 194 g/mol. The standard InChI is InChI=1S/C8H18O3S/c1-3-5-8(4-2)6-7-12(9,10)11/h8H,3-7H2,1-2H3,(H,9,10,11). The van der Waals surface area contributed by atoms with Crippen molar-refractivity contribution >= 4 is 10.1 Å². The summed E-state index contributed by atoms with van der Waals surface area (Å²) in [4.78, 5) is 0. The van der Waals surface area contributed by atoms with Crippen molar-refractivity contribution in [2.75, 3.05) is 5.75 Å². The van der Waals surface area contributed by atoms with Crippen molar-refractivity contribution in [1.29, 1.82) is 0 Å². The molecule has 0 aromatic rings. The summed E-state index contributed by atoms with van der Waals surface area (Å²) in [5.74, 6) is 0.350. The van der Waals surface area contributed by atoms with Crippen LogP contribution in [0.1, 0.15) is 39.5 Å². The lowest BCUT2D eigenvalue weighted by Crippen LogP contribution is -2.09. The molecule has 0 fully saturated rings. The van der Waals surface area contributed by atoms with E-state index in [1.165, 1.54) is 0 Å². The van der Waals surface area contributed by atoms with Gasteiger partial charge < -0.3 is 0 Å². The molecule has 1 N–H and O–H groups in total. The molecule has 0 radical (unpaired) electrons. The average Bonchev–Trinajstić information content (AvgIpc) is 1.96. The highest BCUT2D eigenvalue weighted by molar-refractivity contribution is 7.85. The van der Waals surface area contributed by atoms with E-state index in [9.17, 15) is 8.42 Å². The summed E-state index contributed by atoms with van der Waals surface area (Å²) in [6.07, 6.45) is 3.70. The summed E-state index contributed by atoms with van der Waals surface area (Å²) in [7, 11) is -3.75. The summed E-state index contributed by atoms with van der Waals surface area (Å²) < 4.78 is 29.3. The van der Waals surface area contributed by atoms with Crippen LogP contribution in [0.3, 0.4) is 0 Å². The number of rotatable bonds is 6. The Morgan fingerprint density at radius 1 is 1.25 bits per heavy atom. The van der Waals surface area contributed by atoms with Gasteiger partial charge in [0.1, 0.15) is 0 Å². The van der Waals surface area contributed by atoms with Gasteiger partial charge in [0.2, 0.25) is 0 Å². The van der Waals surface area contributed by atoms with Gasteiger partial charge in [-0.05, 0) is 12.3 Å². The zero-order valence-electron chi connectivity index (χ0n) is 7.78. The van der Waals surface area contributed by atoms with E-state index >= 15 is 0 Å². The smallest absolute Gasteiger partial charge is 0.264 e. The van der Waals surface area contributed by atoms with E-state index in [0.29, 0.717) is 12.3 Å². The van der Waals surface area contributed by atoms with Gasteiger partial charge in [0.05, 0.1) is 5.75 Å². The maximum Gasteiger partial charge on any atom is 0.264 e. The molecule has 0 aliphatic rings. The molecular formula is C8H18O3S. The summed E-state index contributed by atoms with van der Waals surface area (Å²) in [6, 6.07) is 0. The highest BCUT2D eigenvalue weighted by Crippen LogP contribution is 2.15. The second-order valence-corrected chi connectivity index (χ2v) is 4.71. The van der Waals surface area contributed by atoms with Gasteiger partial charge in [-0.3, -0.25) is 4.55 Å². The second-order valence-electron chi connectivity index (χ2n) is 3.14. The third-order valence-electron chi connectivity index (χ3n) is 2.06. The molecule has 0 aromatic heterocycles. The minimum absolute atomic E-state index is 0.0918. The molecule has 0 aliphatic heterocycles. The van der Waals surface area contributed by atoms with Crippen LogP contribution in [0.25, 0.3) is 0 Å². The molecule has 0 rings (SSSR count). The molecule has 0 aliphatic carbocycles. The van der Waals surface area contributed by atoms with Crippen LogP contribution in [0.4, 0.5) is 0 Å². The van der Waals surface area contributed by atoms with Crippen molar-refractivity contribution < 1.29 is 13.0 Å². The van der Waals surface area contributed by atoms with E-state index in [1.54, 1.807) is 0 Å². The van der Waals surface area contributed by atoms with Crippen LogP contribution in [-0.2, 0) is 10.1 Å². The predicted molar refractivity (Wildman–Crippen MR) is 49.7 cm³/mol. The van der Waals surface area contributed by atoms with Gasteiger partial charge >= 0.3 is 0 Å². The van der Waals surface area contributed by atoms with Gasteiger partial charge in [0.15, 0.2) is 0 Å². The maximum absolute atomic E-state index is 10.4. The first-order chi connectivity index (χ1) is 5.49. The average molecular weight is 194 g/mol. The molecule has 0 saturated carbocycles. The maximum atomic E-state index is 10.4. The van der Waals surface area contributed by atoms with Gasteiger partial charge in [-0.25, -0.2) is 0 Å². The fourth-order valence-electron chi connectivity index (χ4n) is 1.28. The molecule has 74 valence electrons. The molecule has 1 unspecified atom stereocenters. The first-order valence-electron chi connectivity index (χ1n) is 4.44. The highest BCUT2D eigenvalue weighted by atomic mass is 32.2. The normalized spacial score (nSPS) is 14.6. The van der Waals surface area contributed by atoms with Crippen LogP contribution in [0, 0.1) is 5.92 Å². The van der Waals surface area contributed by atoms with Gasteiger partial charge in [0, 0.05) is 0 Å². The molecule has 0 aromatic carbocycles. The van der Waals surface area contributed by atoms with E-state index in [0.717, 1.165) is 19.3 Å². The van der Waals surface area contributed by atoms with Crippen molar-refractivity contribution in [3.05, 3.63) is 0 Å². The van der Waals surface area contributed by atoms with Gasteiger partial charge in [-0.1, -0.05) is 33.1 Å². The molecule has 0 spiro atoms. The lowest BCUT2D eigenvalue weighted by atomic mass is 9.98. The molecule has 0 bridgehead atoms. The molecule has 0 amide bonds. The Morgan fingerprint density at radius 3 is 2.17 bits per heavy atom. The molecule has 4 heteroatoms. The van der Waals surface area contributed by atoms with Crippen LogP contribution in [0.5, 0.6) is 0 Å². The minimum atomic E-state index is -3.75. The number of hydrogen-bond donors (Lipinski definition) is 1.